The standard InChI is InChI=1S/C10H18N4O2/c1-8(6-16-3)4-10(15)14(2)5-9-11-7-12-13-9/h7-8H,4-6H2,1-3H3,(H,11,12,13). The molecule has 0 saturated heterocycles. The minimum Gasteiger partial charge on any atom is -0.384 e. The lowest BCUT2D eigenvalue weighted by molar-refractivity contribution is -0.131. The van der Waals surface area contributed by atoms with E-state index in [-0.39, 0.29) is 11.8 Å². The third kappa shape index (κ3) is 3.98. The minimum atomic E-state index is 0.0842. The molecule has 0 radical (unpaired) electrons. The molecule has 0 aromatic carbocycles. The van der Waals surface area contributed by atoms with Crippen molar-refractivity contribution < 1.29 is 9.53 Å². The summed E-state index contributed by atoms with van der Waals surface area (Å²) in [4.78, 5) is 17.4. The predicted molar refractivity (Wildman–Crippen MR) is 58.5 cm³/mol. The van der Waals surface area contributed by atoms with Crippen molar-refractivity contribution >= 4 is 5.91 Å². The molecule has 16 heavy (non-hydrogen) atoms. The Labute approximate surface area is 95.0 Å². The molecule has 1 aromatic heterocycles. The number of methoxy groups -OCH3 is 1. The van der Waals surface area contributed by atoms with Crippen LogP contribution in [0.4, 0.5) is 0 Å². The molecule has 1 rings (SSSR count). The molecule has 6 nitrogen and oxygen atoms in total. The van der Waals surface area contributed by atoms with Crippen LogP contribution >= 0.6 is 0 Å². The summed E-state index contributed by atoms with van der Waals surface area (Å²) in [6, 6.07) is 0. The molecule has 0 spiro atoms. The maximum atomic E-state index is 11.8. The van der Waals surface area contributed by atoms with E-state index in [1.165, 1.54) is 6.33 Å². The molecule has 0 fully saturated rings. The minimum absolute atomic E-state index is 0.0842. The number of nitrogens with one attached hydrogen (secondary N) is 1. The second kappa shape index (κ2) is 6.22. The SMILES string of the molecule is COCC(C)CC(=O)N(C)Cc1ncn[nH]1. The average Bonchev–Trinajstić information content (AvgIpc) is 2.70. The zero-order valence-corrected chi connectivity index (χ0v) is 9.93. The van der Waals surface area contributed by atoms with Crippen molar-refractivity contribution in [2.45, 2.75) is 19.9 Å². The van der Waals surface area contributed by atoms with Crippen LogP contribution in [0.25, 0.3) is 0 Å². The molecule has 1 unspecified atom stereocenters. The van der Waals surface area contributed by atoms with Gasteiger partial charge in [0.05, 0.1) is 6.54 Å². The molecular weight excluding hydrogens is 208 g/mol. The Kier molecular flexibility index (Phi) is 4.91. The number of aromatic amines is 1. The van der Waals surface area contributed by atoms with Crippen LogP contribution in [0, 0.1) is 5.92 Å². The number of hydrogen-bond donors (Lipinski definition) is 1. The number of hydrogen-bond acceptors (Lipinski definition) is 4. The lowest BCUT2D eigenvalue weighted by Gasteiger charge is -2.18. The molecule has 0 bridgehead atoms. The number of carbonyl (C=O) groups is 1. The highest BCUT2D eigenvalue weighted by Gasteiger charge is 2.14. The van der Waals surface area contributed by atoms with Gasteiger partial charge in [-0.1, -0.05) is 6.92 Å². The van der Waals surface area contributed by atoms with Crippen LogP contribution in [0.5, 0.6) is 0 Å². The second-order valence-corrected chi connectivity index (χ2v) is 3.95. The Hall–Kier alpha value is -1.43. The van der Waals surface area contributed by atoms with Crippen LogP contribution in [0.3, 0.4) is 0 Å². The van der Waals surface area contributed by atoms with E-state index in [0.29, 0.717) is 25.4 Å². The number of nitrogens with zero attached hydrogens (tertiary/aromatic N) is 3. The van der Waals surface area contributed by atoms with Crippen molar-refractivity contribution in [1.29, 1.82) is 0 Å². The van der Waals surface area contributed by atoms with Gasteiger partial charge in [-0.2, -0.15) is 5.10 Å². The number of ether oxygens (including phenoxy) is 1. The Morgan fingerprint density at radius 1 is 1.69 bits per heavy atom. The third-order valence-electron chi connectivity index (χ3n) is 2.25. The molecule has 0 saturated carbocycles. The van der Waals surface area contributed by atoms with E-state index in [1.807, 2.05) is 6.92 Å². The van der Waals surface area contributed by atoms with Crippen molar-refractivity contribution in [1.82, 2.24) is 20.1 Å². The fourth-order valence-electron chi connectivity index (χ4n) is 1.42. The lowest BCUT2D eigenvalue weighted by Crippen LogP contribution is -2.28. The molecular formula is C10H18N4O2. The molecule has 1 aromatic rings. The topological polar surface area (TPSA) is 71.1 Å². The zero-order chi connectivity index (χ0) is 12.0. The number of aromatic nitrogens is 3. The van der Waals surface area contributed by atoms with Crippen molar-refractivity contribution in [2.75, 3.05) is 20.8 Å². The van der Waals surface area contributed by atoms with E-state index in [2.05, 4.69) is 15.2 Å². The third-order valence-corrected chi connectivity index (χ3v) is 2.25. The molecule has 90 valence electrons. The van der Waals surface area contributed by atoms with Crippen LogP contribution < -0.4 is 0 Å². The van der Waals surface area contributed by atoms with Gasteiger partial charge in [0.1, 0.15) is 12.2 Å². The molecule has 0 aliphatic heterocycles. The lowest BCUT2D eigenvalue weighted by atomic mass is 10.1. The van der Waals surface area contributed by atoms with Gasteiger partial charge in [-0.3, -0.25) is 9.89 Å². The van der Waals surface area contributed by atoms with Gasteiger partial charge in [-0.05, 0) is 5.92 Å². The van der Waals surface area contributed by atoms with Crippen molar-refractivity contribution in [3.05, 3.63) is 12.2 Å². The second-order valence-electron chi connectivity index (χ2n) is 3.95. The van der Waals surface area contributed by atoms with E-state index >= 15 is 0 Å². The zero-order valence-electron chi connectivity index (χ0n) is 9.93. The highest BCUT2D eigenvalue weighted by molar-refractivity contribution is 5.76. The number of amides is 1. The summed E-state index contributed by atoms with van der Waals surface area (Å²) in [6.07, 6.45) is 1.92. The van der Waals surface area contributed by atoms with Gasteiger partial charge in [-0.15, -0.1) is 0 Å². The van der Waals surface area contributed by atoms with E-state index in [4.69, 9.17) is 4.74 Å². The Morgan fingerprint density at radius 3 is 3.00 bits per heavy atom. The predicted octanol–water partition coefficient (Wildman–Crippen LogP) is 0.436. The van der Waals surface area contributed by atoms with Gasteiger partial charge in [0.2, 0.25) is 5.91 Å². The van der Waals surface area contributed by atoms with Crippen LogP contribution in [-0.4, -0.2) is 46.8 Å². The van der Waals surface area contributed by atoms with Gasteiger partial charge in [0.15, 0.2) is 0 Å². The Bertz CT molecular complexity index is 313. The maximum Gasteiger partial charge on any atom is 0.223 e. The smallest absolute Gasteiger partial charge is 0.223 e. The monoisotopic (exact) mass is 226 g/mol. The van der Waals surface area contributed by atoms with Crippen LogP contribution in [0.15, 0.2) is 6.33 Å². The Balaban J connectivity index is 2.36. The molecule has 1 amide bonds. The highest BCUT2D eigenvalue weighted by atomic mass is 16.5. The Morgan fingerprint density at radius 2 is 2.44 bits per heavy atom. The van der Waals surface area contributed by atoms with Gasteiger partial charge < -0.3 is 9.64 Å². The fraction of sp³-hybridized carbons (Fsp3) is 0.700. The highest BCUT2D eigenvalue weighted by Crippen LogP contribution is 2.06. The number of H-pyrrole nitrogens is 1. The quantitative estimate of drug-likeness (QED) is 0.763. The normalized spacial score (nSPS) is 12.4. The average molecular weight is 226 g/mol. The van der Waals surface area contributed by atoms with Gasteiger partial charge in [-0.25, -0.2) is 4.98 Å². The van der Waals surface area contributed by atoms with E-state index < -0.39 is 0 Å². The first kappa shape index (κ1) is 12.6. The van der Waals surface area contributed by atoms with Crippen molar-refractivity contribution in [3.8, 4) is 0 Å². The first-order valence-corrected chi connectivity index (χ1v) is 5.20. The molecule has 6 heteroatoms. The first-order valence-electron chi connectivity index (χ1n) is 5.20. The summed E-state index contributed by atoms with van der Waals surface area (Å²) in [7, 11) is 3.39. The summed E-state index contributed by atoms with van der Waals surface area (Å²) in [6.45, 7) is 3.05. The van der Waals surface area contributed by atoms with Crippen molar-refractivity contribution in [3.63, 3.8) is 0 Å². The number of carbonyl (C=O) groups excluding carboxylic acids is 1. The summed E-state index contributed by atoms with van der Waals surface area (Å²) >= 11 is 0. The molecule has 1 heterocycles. The first-order chi connectivity index (χ1) is 7.63. The number of rotatable bonds is 6. The summed E-state index contributed by atoms with van der Waals surface area (Å²) < 4.78 is 4.99. The summed E-state index contributed by atoms with van der Waals surface area (Å²) in [5.74, 6) is 1.01. The summed E-state index contributed by atoms with van der Waals surface area (Å²) in [5, 5.41) is 6.45. The maximum absolute atomic E-state index is 11.8. The van der Waals surface area contributed by atoms with Gasteiger partial charge in [0.25, 0.3) is 0 Å². The molecule has 1 N–H and O–H groups in total. The van der Waals surface area contributed by atoms with Crippen LogP contribution in [-0.2, 0) is 16.1 Å². The van der Waals surface area contributed by atoms with Crippen LogP contribution in [0.2, 0.25) is 0 Å². The van der Waals surface area contributed by atoms with E-state index in [9.17, 15) is 4.79 Å². The summed E-state index contributed by atoms with van der Waals surface area (Å²) in [5.41, 5.74) is 0. The van der Waals surface area contributed by atoms with Crippen LogP contribution in [0.1, 0.15) is 19.2 Å². The van der Waals surface area contributed by atoms with Gasteiger partial charge in [0, 0.05) is 27.2 Å². The fourth-order valence-corrected chi connectivity index (χ4v) is 1.42. The molecule has 1 atom stereocenters. The van der Waals surface area contributed by atoms with Crippen molar-refractivity contribution in [2.24, 2.45) is 5.92 Å². The molecule has 0 aliphatic carbocycles. The largest absolute Gasteiger partial charge is 0.384 e. The van der Waals surface area contributed by atoms with E-state index in [0.717, 1.165) is 0 Å². The van der Waals surface area contributed by atoms with E-state index in [1.54, 1.807) is 19.1 Å². The van der Waals surface area contributed by atoms with Gasteiger partial charge >= 0.3 is 0 Å². The molecule has 0 aliphatic rings.